The van der Waals surface area contributed by atoms with E-state index >= 15 is 0 Å². The maximum absolute atomic E-state index is 13.9. The molecule has 5 nitrogen and oxygen atoms in total. The Bertz CT molecular complexity index is 479. The van der Waals surface area contributed by atoms with Crippen LogP contribution < -0.4 is 21.1 Å². The van der Waals surface area contributed by atoms with Gasteiger partial charge in [0, 0.05) is 18.7 Å². The summed E-state index contributed by atoms with van der Waals surface area (Å²) in [5.41, 5.74) is 11.5. The highest BCUT2D eigenvalue weighted by atomic mass is 19.1. The number of carbonyl (C=O) groups excluding carboxylic acids is 1. The molecule has 0 radical (unpaired) electrons. The molecule has 0 bridgehead atoms. The molecule has 1 unspecified atom stereocenters. The first-order chi connectivity index (χ1) is 8.54. The van der Waals surface area contributed by atoms with Crippen LogP contribution in [0.2, 0.25) is 0 Å². The van der Waals surface area contributed by atoms with Gasteiger partial charge >= 0.3 is 0 Å². The molecule has 2 rings (SSSR count). The predicted octanol–water partition coefficient (Wildman–Crippen LogP) is 0.871. The van der Waals surface area contributed by atoms with E-state index in [0.29, 0.717) is 24.4 Å². The zero-order valence-corrected chi connectivity index (χ0v) is 10.1. The van der Waals surface area contributed by atoms with E-state index < -0.39 is 17.8 Å². The summed E-state index contributed by atoms with van der Waals surface area (Å²) in [6.07, 6.45) is 1.45. The van der Waals surface area contributed by atoms with E-state index in [1.807, 2.05) is 0 Å². The van der Waals surface area contributed by atoms with Crippen molar-refractivity contribution in [3.8, 4) is 5.75 Å². The maximum atomic E-state index is 13.9. The molecular formula is C12H16FN3O2. The zero-order valence-electron chi connectivity index (χ0n) is 10.1. The molecule has 1 aromatic carbocycles. The van der Waals surface area contributed by atoms with E-state index in [0.717, 1.165) is 6.42 Å². The molecular weight excluding hydrogens is 237 g/mol. The quantitative estimate of drug-likeness (QED) is 0.783. The third-order valence-electron chi connectivity index (χ3n) is 3.19. The molecule has 1 fully saturated rings. The van der Waals surface area contributed by atoms with E-state index in [1.165, 1.54) is 19.2 Å². The van der Waals surface area contributed by atoms with Gasteiger partial charge in [-0.05, 0) is 12.8 Å². The first-order valence-corrected chi connectivity index (χ1v) is 5.73. The van der Waals surface area contributed by atoms with Crippen molar-refractivity contribution >= 4 is 17.3 Å². The number of nitrogens with two attached hydrogens (primary N) is 2. The van der Waals surface area contributed by atoms with Crippen molar-refractivity contribution in [1.29, 1.82) is 0 Å². The topological polar surface area (TPSA) is 81.6 Å². The van der Waals surface area contributed by atoms with E-state index in [4.69, 9.17) is 16.2 Å². The smallest absolute Gasteiger partial charge is 0.240 e. The molecule has 1 atom stereocenters. The van der Waals surface area contributed by atoms with Crippen LogP contribution in [0, 0.1) is 5.82 Å². The maximum Gasteiger partial charge on any atom is 0.240 e. The number of carbonyl (C=O) groups is 1. The fourth-order valence-electron chi connectivity index (χ4n) is 2.31. The van der Waals surface area contributed by atoms with Crippen LogP contribution >= 0.6 is 0 Å². The molecule has 1 aromatic rings. The van der Waals surface area contributed by atoms with Crippen molar-refractivity contribution in [2.75, 3.05) is 24.3 Å². The molecule has 1 amide bonds. The molecule has 0 saturated carbocycles. The van der Waals surface area contributed by atoms with Crippen molar-refractivity contribution in [2.24, 2.45) is 5.73 Å². The first-order valence-electron chi connectivity index (χ1n) is 5.73. The Kier molecular flexibility index (Phi) is 3.27. The highest BCUT2D eigenvalue weighted by molar-refractivity contribution is 5.84. The minimum atomic E-state index is -0.471. The number of halogens is 1. The number of nitrogens with zero attached hydrogens (tertiary/aromatic N) is 1. The van der Waals surface area contributed by atoms with Crippen molar-refractivity contribution < 1.29 is 13.9 Å². The van der Waals surface area contributed by atoms with Crippen LogP contribution in [-0.4, -0.2) is 25.6 Å². The highest BCUT2D eigenvalue weighted by Gasteiger charge is 2.31. The Labute approximate surface area is 104 Å². The van der Waals surface area contributed by atoms with Gasteiger partial charge in [0.1, 0.15) is 17.6 Å². The first kappa shape index (κ1) is 12.5. The van der Waals surface area contributed by atoms with Crippen molar-refractivity contribution in [3.63, 3.8) is 0 Å². The molecule has 0 aromatic heterocycles. The van der Waals surface area contributed by atoms with E-state index in [-0.39, 0.29) is 5.69 Å². The lowest BCUT2D eigenvalue weighted by Crippen LogP contribution is -2.40. The Morgan fingerprint density at radius 2 is 2.28 bits per heavy atom. The largest absolute Gasteiger partial charge is 0.495 e. The van der Waals surface area contributed by atoms with Crippen LogP contribution in [0.15, 0.2) is 12.1 Å². The molecule has 4 N–H and O–H groups in total. The molecule has 0 spiro atoms. The van der Waals surface area contributed by atoms with Gasteiger partial charge in [0.2, 0.25) is 5.91 Å². The summed E-state index contributed by atoms with van der Waals surface area (Å²) in [5.74, 6) is -0.523. The van der Waals surface area contributed by atoms with Gasteiger partial charge in [-0.3, -0.25) is 4.79 Å². The van der Waals surface area contributed by atoms with Crippen LogP contribution in [-0.2, 0) is 4.79 Å². The Morgan fingerprint density at radius 3 is 2.89 bits per heavy atom. The second kappa shape index (κ2) is 4.72. The molecule has 98 valence electrons. The standard InChI is InChI=1S/C12H16FN3O2/c1-18-11-6-10(7(13)5-8(11)14)16-4-2-3-9(16)12(15)17/h5-6,9H,2-4,14H2,1H3,(H2,15,17). The molecule has 1 aliphatic heterocycles. The number of primary amides is 1. The minimum absolute atomic E-state index is 0.230. The SMILES string of the molecule is COc1cc(N2CCCC2C(N)=O)c(F)cc1N. The number of hydrogen-bond donors (Lipinski definition) is 2. The van der Waals surface area contributed by atoms with Gasteiger partial charge in [0.25, 0.3) is 0 Å². The van der Waals surface area contributed by atoms with Crippen LogP contribution in [0.4, 0.5) is 15.8 Å². The summed E-state index contributed by atoms with van der Waals surface area (Å²) in [4.78, 5) is 13.0. The zero-order chi connectivity index (χ0) is 13.3. The van der Waals surface area contributed by atoms with E-state index in [2.05, 4.69) is 0 Å². The number of rotatable bonds is 3. The predicted molar refractivity (Wildman–Crippen MR) is 66.9 cm³/mol. The lowest BCUT2D eigenvalue weighted by Gasteiger charge is -2.25. The number of methoxy groups -OCH3 is 1. The van der Waals surface area contributed by atoms with Crippen LogP contribution in [0.5, 0.6) is 5.75 Å². The van der Waals surface area contributed by atoms with Crippen molar-refractivity contribution in [3.05, 3.63) is 17.9 Å². The summed E-state index contributed by atoms with van der Waals surface area (Å²) in [6, 6.07) is 2.24. The van der Waals surface area contributed by atoms with Crippen LogP contribution in [0.1, 0.15) is 12.8 Å². The van der Waals surface area contributed by atoms with Gasteiger partial charge in [0.05, 0.1) is 18.5 Å². The average Bonchev–Trinajstić information content (AvgIpc) is 2.78. The van der Waals surface area contributed by atoms with Gasteiger partial charge in [-0.25, -0.2) is 4.39 Å². The third kappa shape index (κ3) is 2.05. The Balaban J connectivity index is 2.41. The molecule has 1 saturated heterocycles. The van der Waals surface area contributed by atoms with Gasteiger partial charge in [-0.1, -0.05) is 0 Å². The Morgan fingerprint density at radius 1 is 1.56 bits per heavy atom. The lowest BCUT2D eigenvalue weighted by molar-refractivity contribution is -0.119. The van der Waals surface area contributed by atoms with E-state index in [9.17, 15) is 9.18 Å². The summed E-state index contributed by atoms with van der Waals surface area (Å²) >= 11 is 0. The van der Waals surface area contributed by atoms with Crippen LogP contribution in [0.3, 0.4) is 0 Å². The Hall–Kier alpha value is -1.98. The molecule has 6 heteroatoms. The second-order valence-electron chi connectivity index (χ2n) is 4.30. The number of amides is 1. The summed E-state index contributed by atoms with van der Waals surface area (Å²) in [6.45, 7) is 0.595. The number of benzene rings is 1. The fraction of sp³-hybridized carbons (Fsp3) is 0.417. The monoisotopic (exact) mass is 253 g/mol. The number of nitrogen functional groups attached to an aromatic ring is 1. The number of anilines is 2. The molecule has 1 aliphatic rings. The van der Waals surface area contributed by atoms with E-state index in [1.54, 1.807) is 4.90 Å². The van der Waals surface area contributed by atoms with Crippen LogP contribution in [0.25, 0.3) is 0 Å². The van der Waals surface area contributed by atoms with Gasteiger partial charge in [0.15, 0.2) is 0 Å². The fourth-order valence-corrected chi connectivity index (χ4v) is 2.31. The number of ether oxygens (including phenoxy) is 1. The van der Waals surface area contributed by atoms with Gasteiger partial charge in [-0.15, -0.1) is 0 Å². The van der Waals surface area contributed by atoms with Crippen molar-refractivity contribution in [2.45, 2.75) is 18.9 Å². The summed E-state index contributed by atoms with van der Waals surface area (Å²) < 4.78 is 19.0. The van der Waals surface area contributed by atoms with Crippen molar-refractivity contribution in [1.82, 2.24) is 0 Å². The molecule has 0 aliphatic carbocycles. The lowest BCUT2D eigenvalue weighted by atomic mass is 10.2. The third-order valence-corrected chi connectivity index (χ3v) is 3.19. The second-order valence-corrected chi connectivity index (χ2v) is 4.30. The normalized spacial score (nSPS) is 19.0. The molecule has 1 heterocycles. The summed E-state index contributed by atoms with van der Waals surface area (Å²) in [5, 5.41) is 0. The number of hydrogen-bond acceptors (Lipinski definition) is 4. The minimum Gasteiger partial charge on any atom is -0.495 e. The average molecular weight is 253 g/mol. The highest BCUT2D eigenvalue weighted by Crippen LogP contribution is 2.34. The van der Waals surface area contributed by atoms with Gasteiger partial charge in [-0.2, -0.15) is 0 Å². The molecule has 18 heavy (non-hydrogen) atoms. The van der Waals surface area contributed by atoms with Gasteiger partial charge < -0.3 is 21.1 Å². The summed E-state index contributed by atoms with van der Waals surface area (Å²) in [7, 11) is 1.46.